The van der Waals surface area contributed by atoms with Gasteiger partial charge in [0.15, 0.2) is 5.96 Å². The van der Waals surface area contributed by atoms with Crippen molar-refractivity contribution in [2.45, 2.75) is 33.2 Å². The minimum Gasteiger partial charge on any atom is -0.357 e. The van der Waals surface area contributed by atoms with Crippen LogP contribution in [0.5, 0.6) is 0 Å². The molecule has 28 heavy (non-hydrogen) atoms. The molecular formula is C21H28IN5O. The van der Waals surface area contributed by atoms with Gasteiger partial charge in [0.25, 0.3) is 0 Å². The Balaban J connectivity index is 0.00000280. The van der Waals surface area contributed by atoms with Crippen molar-refractivity contribution < 1.29 is 4.79 Å². The molecule has 0 radical (unpaired) electrons. The topological polar surface area (TPSA) is 69.6 Å². The van der Waals surface area contributed by atoms with Crippen molar-refractivity contribution in [1.82, 2.24) is 15.2 Å². The molecule has 0 bridgehead atoms. The molecule has 2 N–H and O–H groups in total. The van der Waals surface area contributed by atoms with Crippen LogP contribution in [-0.4, -0.2) is 41.4 Å². The Bertz CT molecular complexity index is 807. The normalized spacial score (nSPS) is 13.4. The maximum absolute atomic E-state index is 12.1. The number of amides is 1. The van der Waals surface area contributed by atoms with Gasteiger partial charge >= 0.3 is 0 Å². The number of pyridine rings is 1. The summed E-state index contributed by atoms with van der Waals surface area (Å²) in [5.74, 6) is 1.37. The molecule has 0 saturated carbocycles. The highest BCUT2D eigenvalue weighted by Crippen LogP contribution is 2.18. The largest absolute Gasteiger partial charge is 0.357 e. The van der Waals surface area contributed by atoms with Gasteiger partial charge in [-0.25, -0.2) is 4.98 Å². The number of benzene rings is 1. The van der Waals surface area contributed by atoms with Gasteiger partial charge in [-0.05, 0) is 43.0 Å². The van der Waals surface area contributed by atoms with Crippen molar-refractivity contribution in [3.05, 3.63) is 59.3 Å². The molecule has 1 aromatic heterocycles. The van der Waals surface area contributed by atoms with E-state index < -0.39 is 0 Å². The van der Waals surface area contributed by atoms with Gasteiger partial charge in [-0.1, -0.05) is 30.3 Å². The van der Waals surface area contributed by atoms with Crippen LogP contribution in [-0.2, 0) is 17.8 Å². The molecule has 150 valence electrons. The molecule has 0 atom stereocenters. The van der Waals surface area contributed by atoms with Gasteiger partial charge in [-0.3, -0.25) is 9.79 Å². The van der Waals surface area contributed by atoms with Crippen molar-refractivity contribution in [3.63, 3.8) is 0 Å². The number of nitrogens with one attached hydrogen (secondary N) is 2. The maximum atomic E-state index is 12.1. The highest BCUT2D eigenvalue weighted by molar-refractivity contribution is 14.0. The number of hydrogen-bond donors (Lipinski definition) is 2. The van der Waals surface area contributed by atoms with Crippen LogP contribution in [0.1, 0.15) is 30.0 Å². The first kappa shape index (κ1) is 22.1. The van der Waals surface area contributed by atoms with Gasteiger partial charge in [0.2, 0.25) is 5.91 Å². The Hall–Kier alpha value is -2.16. The van der Waals surface area contributed by atoms with E-state index in [1.54, 1.807) is 6.20 Å². The summed E-state index contributed by atoms with van der Waals surface area (Å²) in [7, 11) is 0. The SMILES string of the molecule is CCNC(=NCCC(=O)Nc1ccc(C)cn1)N1CCc2ccccc2C1.I. The predicted octanol–water partition coefficient (Wildman–Crippen LogP) is 3.36. The lowest BCUT2D eigenvalue weighted by Gasteiger charge is -2.31. The second-order valence-corrected chi connectivity index (χ2v) is 6.69. The summed E-state index contributed by atoms with van der Waals surface area (Å²) in [4.78, 5) is 23.2. The van der Waals surface area contributed by atoms with Crippen molar-refractivity contribution in [3.8, 4) is 0 Å². The van der Waals surface area contributed by atoms with E-state index in [1.165, 1.54) is 11.1 Å². The van der Waals surface area contributed by atoms with Crippen LogP contribution in [0.15, 0.2) is 47.6 Å². The third-order valence-corrected chi connectivity index (χ3v) is 4.54. The molecule has 0 saturated heterocycles. The standard InChI is InChI=1S/C21H27N5O.HI/c1-3-22-21(26-13-11-17-6-4-5-7-18(17)15-26)23-12-10-20(27)25-19-9-8-16(2)14-24-19;/h4-9,14H,3,10-13,15H2,1-2H3,(H,22,23)(H,24,25,27);1H. The first-order valence-corrected chi connectivity index (χ1v) is 9.48. The summed E-state index contributed by atoms with van der Waals surface area (Å²) in [6, 6.07) is 12.3. The number of nitrogens with zero attached hydrogens (tertiary/aromatic N) is 3. The summed E-state index contributed by atoms with van der Waals surface area (Å²) < 4.78 is 0. The molecule has 2 heterocycles. The molecular weight excluding hydrogens is 465 g/mol. The Labute approximate surface area is 183 Å². The number of guanidine groups is 1. The van der Waals surface area contributed by atoms with Crippen LogP contribution in [0.4, 0.5) is 5.82 Å². The fraction of sp³-hybridized carbons (Fsp3) is 0.381. The summed E-state index contributed by atoms with van der Waals surface area (Å²) in [5, 5.41) is 6.16. The fourth-order valence-corrected chi connectivity index (χ4v) is 3.11. The number of hydrogen-bond acceptors (Lipinski definition) is 3. The zero-order valence-corrected chi connectivity index (χ0v) is 18.8. The second kappa shape index (κ2) is 11.0. The Kier molecular flexibility index (Phi) is 8.69. The van der Waals surface area contributed by atoms with Crippen LogP contribution in [0.3, 0.4) is 0 Å². The summed E-state index contributed by atoms with van der Waals surface area (Å²) in [6.45, 7) is 7.05. The average Bonchev–Trinajstić information content (AvgIpc) is 2.69. The molecule has 3 rings (SSSR count). The lowest BCUT2D eigenvalue weighted by atomic mass is 10.0. The molecule has 0 fully saturated rings. The third kappa shape index (κ3) is 6.19. The smallest absolute Gasteiger partial charge is 0.227 e. The number of carbonyl (C=O) groups is 1. The van der Waals surface area contributed by atoms with Gasteiger partial charge in [-0.2, -0.15) is 0 Å². The van der Waals surface area contributed by atoms with E-state index in [4.69, 9.17) is 0 Å². The van der Waals surface area contributed by atoms with Gasteiger partial charge in [-0.15, -0.1) is 24.0 Å². The van der Waals surface area contributed by atoms with Crippen molar-refractivity contribution in [2.75, 3.05) is 25.0 Å². The quantitative estimate of drug-likeness (QED) is 0.381. The monoisotopic (exact) mass is 493 g/mol. The number of halogens is 1. The number of anilines is 1. The van der Waals surface area contributed by atoms with E-state index in [9.17, 15) is 4.79 Å². The minimum absolute atomic E-state index is 0. The third-order valence-electron chi connectivity index (χ3n) is 4.54. The average molecular weight is 493 g/mol. The maximum Gasteiger partial charge on any atom is 0.227 e. The molecule has 6 nitrogen and oxygen atoms in total. The van der Waals surface area contributed by atoms with E-state index in [2.05, 4.69) is 56.7 Å². The van der Waals surface area contributed by atoms with Crippen molar-refractivity contribution >= 4 is 41.7 Å². The van der Waals surface area contributed by atoms with Crippen LogP contribution in [0, 0.1) is 6.92 Å². The Morgan fingerprint density at radius 3 is 2.71 bits per heavy atom. The fourth-order valence-electron chi connectivity index (χ4n) is 3.11. The first-order valence-electron chi connectivity index (χ1n) is 9.48. The van der Waals surface area contributed by atoms with E-state index in [1.807, 2.05) is 19.1 Å². The van der Waals surface area contributed by atoms with Gasteiger partial charge < -0.3 is 15.5 Å². The highest BCUT2D eigenvalue weighted by atomic mass is 127. The zero-order valence-electron chi connectivity index (χ0n) is 16.4. The zero-order chi connectivity index (χ0) is 19.1. The number of fused-ring (bicyclic) bond motifs is 1. The minimum atomic E-state index is -0.0741. The van der Waals surface area contributed by atoms with Crippen molar-refractivity contribution in [2.24, 2.45) is 4.99 Å². The van der Waals surface area contributed by atoms with Crippen molar-refractivity contribution in [1.29, 1.82) is 0 Å². The second-order valence-electron chi connectivity index (χ2n) is 6.69. The van der Waals surface area contributed by atoms with E-state index in [-0.39, 0.29) is 29.9 Å². The molecule has 0 unspecified atom stereocenters. The summed E-state index contributed by atoms with van der Waals surface area (Å²) in [5.41, 5.74) is 3.82. The molecule has 0 spiro atoms. The lowest BCUT2D eigenvalue weighted by Crippen LogP contribution is -2.44. The van der Waals surface area contributed by atoms with E-state index >= 15 is 0 Å². The Morgan fingerprint density at radius 2 is 2.00 bits per heavy atom. The molecule has 1 aromatic carbocycles. The van der Waals surface area contributed by atoms with Gasteiger partial charge in [0.1, 0.15) is 5.82 Å². The molecule has 1 aliphatic rings. The van der Waals surface area contributed by atoms with Crippen LogP contribution in [0.25, 0.3) is 0 Å². The molecule has 1 amide bonds. The molecule has 0 aliphatic carbocycles. The number of carbonyl (C=O) groups excluding carboxylic acids is 1. The summed E-state index contributed by atoms with van der Waals surface area (Å²) in [6.07, 6.45) is 3.08. The van der Waals surface area contributed by atoms with E-state index in [0.717, 1.165) is 37.6 Å². The predicted molar refractivity (Wildman–Crippen MR) is 124 cm³/mol. The number of aliphatic imine (C=N–C) groups is 1. The first-order chi connectivity index (χ1) is 13.2. The molecule has 2 aromatic rings. The molecule has 1 aliphatic heterocycles. The number of aryl methyl sites for hydroxylation is 1. The van der Waals surface area contributed by atoms with Gasteiger partial charge in [0, 0.05) is 32.3 Å². The number of aromatic nitrogens is 1. The lowest BCUT2D eigenvalue weighted by molar-refractivity contribution is -0.116. The summed E-state index contributed by atoms with van der Waals surface area (Å²) >= 11 is 0. The highest BCUT2D eigenvalue weighted by Gasteiger charge is 2.18. The van der Waals surface area contributed by atoms with Crippen LogP contribution >= 0.6 is 24.0 Å². The van der Waals surface area contributed by atoms with Crippen LogP contribution < -0.4 is 10.6 Å². The Morgan fingerprint density at radius 1 is 1.21 bits per heavy atom. The van der Waals surface area contributed by atoms with Crippen LogP contribution in [0.2, 0.25) is 0 Å². The van der Waals surface area contributed by atoms with E-state index in [0.29, 0.717) is 18.8 Å². The molecule has 7 heteroatoms. The number of rotatable bonds is 5. The van der Waals surface area contributed by atoms with Gasteiger partial charge in [0.05, 0.1) is 6.54 Å².